The van der Waals surface area contributed by atoms with Gasteiger partial charge in [0, 0.05) is 9.79 Å². The fourth-order valence-electron chi connectivity index (χ4n) is 2.16. The van der Waals surface area contributed by atoms with Crippen molar-refractivity contribution in [3.8, 4) is 0 Å². The summed E-state index contributed by atoms with van der Waals surface area (Å²) in [6.45, 7) is 6.57. The predicted octanol–water partition coefficient (Wildman–Crippen LogP) is 4.37. The molecule has 0 N–H and O–H groups in total. The summed E-state index contributed by atoms with van der Waals surface area (Å²) in [7, 11) is -1.44. The molecule has 0 aliphatic heterocycles. The van der Waals surface area contributed by atoms with E-state index in [1.807, 2.05) is 0 Å². The highest BCUT2D eigenvalue weighted by molar-refractivity contribution is 7.85. The van der Waals surface area contributed by atoms with E-state index in [1.165, 1.54) is 0 Å². The Hall–Kier alpha value is -1.55. The van der Waals surface area contributed by atoms with Crippen molar-refractivity contribution < 1.29 is 13.0 Å². The van der Waals surface area contributed by atoms with Crippen molar-refractivity contribution in [2.75, 3.05) is 0 Å². The first-order valence-electron chi connectivity index (χ1n) is 6.26. The maximum absolute atomic E-state index is 13.6. The van der Waals surface area contributed by atoms with Gasteiger partial charge >= 0.3 is 0 Å². The second kappa shape index (κ2) is 5.44. The summed E-state index contributed by atoms with van der Waals surface area (Å²) >= 11 is 0. The van der Waals surface area contributed by atoms with Crippen LogP contribution in [-0.4, -0.2) is 4.21 Å². The van der Waals surface area contributed by atoms with E-state index in [1.54, 1.807) is 52.0 Å². The molecule has 2 aromatic rings. The van der Waals surface area contributed by atoms with E-state index in [0.29, 0.717) is 32.0 Å². The minimum Gasteiger partial charge on any atom is -0.249 e. The van der Waals surface area contributed by atoms with E-state index in [4.69, 9.17) is 0 Å². The summed E-state index contributed by atoms with van der Waals surface area (Å²) in [4.78, 5) is 1.07. The van der Waals surface area contributed by atoms with Gasteiger partial charge in [-0.05, 0) is 74.2 Å². The Morgan fingerprint density at radius 2 is 0.950 bits per heavy atom. The summed E-state index contributed by atoms with van der Waals surface area (Å²) in [6.07, 6.45) is 0. The van der Waals surface area contributed by atoms with Crippen LogP contribution in [0.3, 0.4) is 0 Å². The molecule has 0 saturated carbocycles. The third kappa shape index (κ3) is 2.66. The quantitative estimate of drug-likeness (QED) is 0.804. The molecular formula is C16H16F2OS. The van der Waals surface area contributed by atoms with Gasteiger partial charge in [0.1, 0.15) is 11.6 Å². The van der Waals surface area contributed by atoms with Crippen LogP contribution in [0.5, 0.6) is 0 Å². The molecule has 0 aliphatic carbocycles. The van der Waals surface area contributed by atoms with E-state index < -0.39 is 10.8 Å². The van der Waals surface area contributed by atoms with Crippen molar-refractivity contribution in [3.63, 3.8) is 0 Å². The fraction of sp³-hybridized carbons (Fsp3) is 0.250. The minimum absolute atomic E-state index is 0.280. The molecular weight excluding hydrogens is 278 g/mol. The van der Waals surface area contributed by atoms with Crippen molar-refractivity contribution in [1.82, 2.24) is 0 Å². The van der Waals surface area contributed by atoms with E-state index in [2.05, 4.69) is 0 Å². The van der Waals surface area contributed by atoms with Crippen molar-refractivity contribution in [3.05, 3.63) is 58.2 Å². The highest BCUT2D eigenvalue weighted by Crippen LogP contribution is 2.24. The van der Waals surface area contributed by atoms with E-state index in [-0.39, 0.29) is 11.6 Å². The van der Waals surface area contributed by atoms with E-state index in [9.17, 15) is 13.0 Å². The second-order valence-electron chi connectivity index (χ2n) is 5.01. The van der Waals surface area contributed by atoms with Gasteiger partial charge in [-0.25, -0.2) is 13.0 Å². The molecule has 0 bridgehead atoms. The van der Waals surface area contributed by atoms with Gasteiger partial charge in [0.05, 0.1) is 10.8 Å². The molecule has 106 valence electrons. The van der Waals surface area contributed by atoms with Gasteiger partial charge in [-0.3, -0.25) is 0 Å². The fourth-order valence-corrected chi connectivity index (χ4v) is 3.57. The van der Waals surface area contributed by atoms with Crippen LogP contribution in [0.25, 0.3) is 0 Å². The van der Waals surface area contributed by atoms with Gasteiger partial charge in [0.25, 0.3) is 0 Å². The van der Waals surface area contributed by atoms with Crippen LogP contribution >= 0.6 is 0 Å². The lowest BCUT2D eigenvalue weighted by Gasteiger charge is -2.09. The zero-order valence-corrected chi connectivity index (χ0v) is 12.7. The topological polar surface area (TPSA) is 17.1 Å². The van der Waals surface area contributed by atoms with E-state index in [0.717, 1.165) is 0 Å². The molecule has 20 heavy (non-hydrogen) atoms. The van der Waals surface area contributed by atoms with Gasteiger partial charge in [-0.1, -0.05) is 0 Å². The first-order chi connectivity index (χ1) is 9.31. The molecule has 0 atom stereocenters. The van der Waals surface area contributed by atoms with Crippen LogP contribution in [-0.2, 0) is 10.8 Å². The summed E-state index contributed by atoms with van der Waals surface area (Å²) in [5.41, 5.74) is 1.85. The molecule has 0 saturated heterocycles. The lowest BCUT2D eigenvalue weighted by atomic mass is 10.1. The highest BCUT2D eigenvalue weighted by Gasteiger charge is 2.14. The molecule has 1 nitrogen and oxygen atoms in total. The van der Waals surface area contributed by atoms with Crippen LogP contribution in [0.15, 0.2) is 34.1 Å². The van der Waals surface area contributed by atoms with Gasteiger partial charge in [0.2, 0.25) is 0 Å². The molecule has 0 radical (unpaired) electrons. The zero-order valence-electron chi connectivity index (χ0n) is 11.9. The van der Waals surface area contributed by atoms with Crippen molar-refractivity contribution in [2.24, 2.45) is 0 Å². The van der Waals surface area contributed by atoms with Crippen LogP contribution in [0, 0.1) is 39.3 Å². The third-order valence-electron chi connectivity index (χ3n) is 3.25. The van der Waals surface area contributed by atoms with Crippen molar-refractivity contribution >= 4 is 10.8 Å². The molecule has 0 fully saturated rings. The largest absolute Gasteiger partial charge is 0.249 e. The number of hydrogen-bond acceptors (Lipinski definition) is 1. The summed E-state index contributed by atoms with van der Waals surface area (Å²) in [6, 6.07) is 6.30. The van der Waals surface area contributed by atoms with Crippen molar-refractivity contribution in [1.29, 1.82) is 0 Å². The SMILES string of the molecule is Cc1cc(S(=O)c2cc(C)c(F)c(C)c2)cc(C)c1F. The highest BCUT2D eigenvalue weighted by atomic mass is 32.2. The smallest absolute Gasteiger partial charge is 0.129 e. The third-order valence-corrected chi connectivity index (χ3v) is 4.58. The van der Waals surface area contributed by atoms with Crippen molar-refractivity contribution in [2.45, 2.75) is 37.5 Å². The number of hydrogen-bond donors (Lipinski definition) is 0. The number of benzene rings is 2. The Kier molecular flexibility index (Phi) is 4.04. The van der Waals surface area contributed by atoms with Crippen LogP contribution in [0.1, 0.15) is 22.3 Å². The molecule has 0 spiro atoms. The summed E-state index contributed by atoms with van der Waals surface area (Å²) in [5.74, 6) is -0.561. The van der Waals surface area contributed by atoms with Gasteiger partial charge in [-0.15, -0.1) is 0 Å². The Bertz CT molecular complexity index is 602. The maximum atomic E-state index is 13.6. The average molecular weight is 294 g/mol. The lowest BCUT2D eigenvalue weighted by Crippen LogP contribution is -1.99. The summed E-state index contributed by atoms with van der Waals surface area (Å²) in [5, 5.41) is 0. The molecule has 0 unspecified atom stereocenters. The number of halogens is 2. The number of aryl methyl sites for hydroxylation is 4. The monoisotopic (exact) mass is 294 g/mol. The Morgan fingerprint density at radius 3 is 1.20 bits per heavy atom. The molecule has 2 rings (SSSR count). The maximum Gasteiger partial charge on any atom is 0.129 e. The summed E-state index contributed by atoms with van der Waals surface area (Å²) < 4.78 is 39.8. The predicted molar refractivity (Wildman–Crippen MR) is 76.4 cm³/mol. The van der Waals surface area contributed by atoms with Gasteiger partial charge in [0.15, 0.2) is 0 Å². The van der Waals surface area contributed by atoms with Crippen LogP contribution in [0.2, 0.25) is 0 Å². The molecule has 4 heteroatoms. The van der Waals surface area contributed by atoms with Crippen LogP contribution < -0.4 is 0 Å². The molecule has 2 aromatic carbocycles. The molecule has 0 heterocycles. The van der Waals surface area contributed by atoms with E-state index >= 15 is 0 Å². The first kappa shape index (κ1) is 14.9. The Labute approximate surface area is 120 Å². The van der Waals surface area contributed by atoms with Crippen LogP contribution in [0.4, 0.5) is 8.78 Å². The average Bonchev–Trinajstić information content (AvgIpc) is 2.40. The molecule has 0 aromatic heterocycles. The van der Waals surface area contributed by atoms with Gasteiger partial charge in [-0.2, -0.15) is 0 Å². The standard InChI is InChI=1S/C16H16F2OS/c1-9-5-13(6-10(2)15(9)17)20(19)14-7-11(3)16(18)12(4)8-14/h5-8H,1-4H3. The first-order valence-corrected chi connectivity index (χ1v) is 7.41. The van der Waals surface area contributed by atoms with Gasteiger partial charge < -0.3 is 0 Å². The Balaban J connectivity index is 2.52. The Morgan fingerprint density at radius 1 is 0.700 bits per heavy atom. The second-order valence-corrected chi connectivity index (χ2v) is 6.49. The molecule has 0 amide bonds. The lowest BCUT2D eigenvalue weighted by molar-refractivity contribution is 0.606. The minimum atomic E-state index is -1.44. The zero-order chi connectivity index (χ0) is 15.0. The molecule has 0 aliphatic rings. The number of rotatable bonds is 2. The normalized spacial score (nSPS) is 11.2.